The van der Waals surface area contributed by atoms with Crippen molar-refractivity contribution in [2.75, 3.05) is 14.2 Å². The van der Waals surface area contributed by atoms with E-state index >= 15 is 0 Å². The van der Waals surface area contributed by atoms with Crippen LogP contribution in [0.2, 0.25) is 0 Å². The summed E-state index contributed by atoms with van der Waals surface area (Å²) in [4.78, 5) is 10.5. The standard InChI is InChI=1S/C9H9O3.2O.H3P.Ti/c1-11-8-4-3-5-9(12-2)7(8)6-10;;;;/h3-5H,1-2H3;;;1H3;/q-1;;;;. The summed E-state index contributed by atoms with van der Waals surface area (Å²) >= 11 is -2.00. The number of ether oxygens (including phenoxy) is 2. The summed E-state index contributed by atoms with van der Waals surface area (Å²) in [5.74, 6) is 0.953. The zero-order valence-electron chi connectivity index (χ0n) is 8.98. The molecule has 0 heterocycles. The van der Waals surface area contributed by atoms with Gasteiger partial charge in [0.15, 0.2) is 0 Å². The summed E-state index contributed by atoms with van der Waals surface area (Å²) in [6.07, 6.45) is 1.77. The van der Waals surface area contributed by atoms with E-state index in [1.807, 2.05) is 0 Å². The van der Waals surface area contributed by atoms with Crippen LogP contribution in [0.15, 0.2) is 18.2 Å². The molecule has 1 aromatic carbocycles. The van der Waals surface area contributed by atoms with Gasteiger partial charge in [-0.2, -0.15) is 9.90 Å². The Hall–Kier alpha value is -0.766. The van der Waals surface area contributed by atoms with Gasteiger partial charge in [0.1, 0.15) is 0 Å². The minimum absolute atomic E-state index is 0. The summed E-state index contributed by atoms with van der Waals surface area (Å²) in [5.41, 5.74) is 0.322. The predicted octanol–water partition coefficient (Wildman–Crippen LogP) is 0.980. The van der Waals surface area contributed by atoms with E-state index in [9.17, 15) is 4.79 Å². The number of hydrogen-bond acceptors (Lipinski definition) is 5. The van der Waals surface area contributed by atoms with Crippen LogP contribution in [0.5, 0.6) is 11.5 Å². The van der Waals surface area contributed by atoms with E-state index in [2.05, 4.69) is 0 Å². The Morgan fingerprint density at radius 1 is 1.12 bits per heavy atom. The molecular weight excluding hydrogens is 267 g/mol. The van der Waals surface area contributed by atoms with Crippen LogP contribution in [0, 0.1) is 0 Å². The van der Waals surface area contributed by atoms with Crippen molar-refractivity contribution < 1.29 is 40.0 Å². The average Bonchev–Trinajstić information content (AvgIpc) is 2.28. The fourth-order valence-corrected chi connectivity index (χ4v) is 0.952. The van der Waals surface area contributed by atoms with Gasteiger partial charge in [0.05, 0.1) is 20.5 Å². The third-order valence-electron chi connectivity index (χ3n) is 1.53. The van der Waals surface area contributed by atoms with Gasteiger partial charge < -0.3 is 14.3 Å². The summed E-state index contributed by atoms with van der Waals surface area (Å²) in [6, 6.07) is 5.12. The Morgan fingerprint density at radius 2 is 1.50 bits per heavy atom. The summed E-state index contributed by atoms with van der Waals surface area (Å²) in [7, 11) is 2.99. The fourth-order valence-electron chi connectivity index (χ4n) is 0.952. The number of hydrogen-bond donors (Lipinski definition) is 0. The second kappa shape index (κ2) is 10.7. The van der Waals surface area contributed by atoms with E-state index < -0.39 is 19.1 Å². The first-order valence-electron chi connectivity index (χ1n) is 3.83. The molecule has 0 N–H and O–H groups in total. The Bertz CT molecular complexity index is 341. The number of rotatable bonds is 3. The molecule has 0 aromatic heterocycles. The van der Waals surface area contributed by atoms with E-state index in [-0.39, 0.29) is 9.90 Å². The van der Waals surface area contributed by atoms with Gasteiger partial charge in [0.2, 0.25) is 0 Å². The number of carbonyl (C=O) groups excluding carboxylic acids is 1. The molecule has 1 atom stereocenters. The molecule has 0 saturated carbocycles. The molecule has 7 heteroatoms. The second-order valence-electron chi connectivity index (χ2n) is 2.22. The molecule has 0 radical (unpaired) electrons. The molecule has 16 heavy (non-hydrogen) atoms. The van der Waals surface area contributed by atoms with E-state index in [4.69, 9.17) is 16.1 Å². The van der Waals surface area contributed by atoms with Crippen molar-refractivity contribution in [1.29, 1.82) is 0 Å². The van der Waals surface area contributed by atoms with Crippen molar-refractivity contribution in [2.24, 2.45) is 0 Å². The average molecular weight is 279 g/mol. The van der Waals surface area contributed by atoms with E-state index in [1.54, 1.807) is 24.5 Å². The Kier molecular flexibility index (Phi) is 11.8. The molecule has 1 rings (SSSR count). The van der Waals surface area contributed by atoms with Crippen LogP contribution < -0.4 is 9.47 Å². The van der Waals surface area contributed by atoms with Gasteiger partial charge in [-0.25, -0.2) is 0 Å². The number of benzene rings is 1. The second-order valence-corrected chi connectivity index (χ2v) is 2.48. The normalized spacial score (nSPS) is 7.38. The van der Waals surface area contributed by atoms with Crippen molar-refractivity contribution in [3.63, 3.8) is 0 Å². The molecule has 0 spiro atoms. The van der Waals surface area contributed by atoms with Crippen molar-refractivity contribution in [2.45, 2.75) is 0 Å². The molecule has 1 aromatic rings. The molecule has 5 nitrogen and oxygen atoms in total. The van der Waals surface area contributed by atoms with Crippen molar-refractivity contribution in [3.05, 3.63) is 23.8 Å². The first-order chi connectivity index (χ1) is 7.24. The summed E-state index contributed by atoms with van der Waals surface area (Å²) < 4.78 is 26.9. The van der Waals surface area contributed by atoms with Crippen molar-refractivity contribution >= 4 is 16.2 Å². The molecule has 0 saturated heterocycles. The Balaban J connectivity index is 0. The molecular formula is C9H12O5PTi-. The first-order valence-corrected chi connectivity index (χ1v) is 5.11. The van der Waals surface area contributed by atoms with Crippen LogP contribution in [0.4, 0.5) is 0 Å². The Morgan fingerprint density at radius 3 is 1.75 bits per heavy atom. The summed E-state index contributed by atoms with van der Waals surface area (Å²) in [6.45, 7) is 0. The van der Waals surface area contributed by atoms with Crippen LogP contribution in [0.25, 0.3) is 0 Å². The zero-order valence-corrected chi connectivity index (χ0v) is 12.0. The van der Waals surface area contributed by atoms with Crippen molar-refractivity contribution in [1.82, 2.24) is 0 Å². The molecule has 88 valence electrons. The van der Waals surface area contributed by atoms with Gasteiger partial charge >= 0.3 is 25.7 Å². The fraction of sp³-hybridized carbons (Fsp3) is 0.222. The van der Waals surface area contributed by atoms with Crippen molar-refractivity contribution in [3.8, 4) is 11.5 Å². The van der Waals surface area contributed by atoms with E-state index in [1.165, 1.54) is 14.2 Å². The SMILES string of the molecule is COc1cccc(OC)c1[C-]=O.P.[O]=[Ti]=[O]. The topological polar surface area (TPSA) is 69.7 Å². The van der Waals surface area contributed by atoms with Gasteiger partial charge in [-0.3, -0.25) is 0 Å². The maximum atomic E-state index is 10.5. The van der Waals surface area contributed by atoms with Gasteiger partial charge in [0.25, 0.3) is 0 Å². The summed E-state index contributed by atoms with van der Waals surface area (Å²) in [5, 5.41) is 0. The van der Waals surface area contributed by atoms with Crippen LogP contribution in [0.1, 0.15) is 5.56 Å². The molecule has 0 bridgehead atoms. The van der Waals surface area contributed by atoms with Crippen LogP contribution in [-0.2, 0) is 30.5 Å². The first kappa shape index (κ1) is 17.6. The quantitative estimate of drug-likeness (QED) is 0.468. The maximum absolute atomic E-state index is 10.5. The van der Waals surface area contributed by atoms with E-state index in [0.29, 0.717) is 17.1 Å². The molecule has 0 aliphatic carbocycles. The monoisotopic (exact) mass is 279 g/mol. The van der Waals surface area contributed by atoms with E-state index in [0.717, 1.165) is 0 Å². The van der Waals surface area contributed by atoms with Gasteiger partial charge in [0, 0.05) is 11.5 Å². The van der Waals surface area contributed by atoms with Gasteiger partial charge in [-0.1, -0.05) is 23.8 Å². The van der Waals surface area contributed by atoms with Gasteiger partial charge in [-0.05, 0) is 0 Å². The molecule has 0 amide bonds. The number of methoxy groups -OCH3 is 2. The Labute approximate surface area is 106 Å². The van der Waals surface area contributed by atoms with Crippen LogP contribution >= 0.6 is 9.90 Å². The third kappa shape index (κ3) is 5.35. The third-order valence-corrected chi connectivity index (χ3v) is 1.53. The van der Waals surface area contributed by atoms with Crippen LogP contribution in [0.3, 0.4) is 0 Å². The zero-order chi connectivity index (χ0) is 11.7. The molecule has 0 fully saturated rings. The van der Waals surface area contributed by atoms with Crippen LogP contribution in [-0.4, -0.2) is 20.5 Å². The molecule has 0 aliphatic rings. The molecule has 0 aliphatic heterocycles. The molecule has 1 unspecified atom stereocenters. The minimum atomic E-state index is -2.00. The van der Waals surface area contributed by atoms with Gasteiger partial charge in [-0.15, -0.1) is 0 Å². The predicted molar refractivity (Wildman–Crippen MR) is 56.8 cm³/mol.